The number of benzene rings is 1. The Hall–Kier alpha value is -1.38. The minimum atomic E-state index is -3.66. The third-order valence-electron chi connectivity index (χ3n) is 2.06. The largest absolute Gasteiger partial charge is 0.340 e. The quantitative estimate of drug-likeness (QED) is 0.672. The van der Waals surface area contributed by atoms with E-state index in [0.29, 0.717) is 0 Å². The zero-order valence-electron chi connectivity index (χ0n) is 7.17. The van der Waals surface area contributed by atoms with E-state index in [1.165, 1.54) is 12.1 Å². The third-order valence-corrected chi connectivity index (χ3v) is 4.15. The van der Waals surface area contributed by atoms with Crippen molar-refractivity contribution in [2.45, 2.75) is 9.83 Å². The molecule has 72 valence electrons. The molecule has 5 heteroatoms. The molecule has 0 bridgehead atoms. The minimum absolute atomic E-state index is 0.0409. The molecule has 4 nitrogen and oxygen atoms in total. The van der Waals surface area contributed by atoms with E-state index in [1.54, 1.807) is 24.3 Å². The van der Waals surface area contributed by atoms with Gasteiger partial charge in [-0.25, -0.2) is 8.42 Å². The molecule has 1 heterocycles. The molecule has 1 aromatic carbocycles. The number of rotatable bonds is 2. The number of nitriles is 1. The van der Waals surface area contributed by atoms with Crippen LogP contribution in [-0.2, 0) is 14.6 Å². The van der Waals surface area contributed by atoms with Crippen LogP contribution in [-0.4, -0.2) is 20.0 Å². The van der Waals surface area contributed by atoms with Crippen LogP contribution in [0, 0.1) is 11.3 Å². The molecule has 0 aliphatic carbocycles. The highest BCUT2D eigenvalue weighted by atomic mass is 32.2. The lowest BCUT2D eigenvalue weighted by Gasteiger charge is -2.04. The lowest BCUT2D eigenvalue weighted by atomic mass is 10.4. The second-order valence-electron chi connectivity index (χ2n) is 2.97. The summed E-state index contributed by atoms with van der Waals surface area (Å²) in [5.74, 6) is 0. The van der Waals surface area contributed by atoms with Crippen molar-refractivity contribution in [3.05, 3.63) is 30.3 Å². The predicted molar refractivity (Wildman–Crippen MR) is 47.9 cm³/mol. The van der Waals surface area contributed by atoms with E-state index in [2.05, 4.69) is 0 Å². The molecular formula is C9H7NO3S. The van der Waals surface area contributed by atoms with Gasteiger partial charge in [0.25, 0.3) is 4.93 Å². The fourth-order valence-electron chi connectivity index (χ4n) is 1.14. The van der Waals surface area contributed by atoms with Gasteiger partial charge in [0.15, 0.2) is 0 Å². The van der Waals surface area contributed by atoms with Gasteiger partial charge < -0.3 is 4.74 Å². The summed E-state index contributed by atoms with van der Waals surface area (Å²) in [5, 5.41) is 8.70. The first-order chi connectivity index (χ1) is 6.62. The van der Waals surface area contributed by atoms with E-state index < -0.39 is 14.8 Å². The molecule has 1 aliphatic heterocycles. The van der Waals surface area contributed by atoms with E-state index in [0.717, 1.165) is 0 Å². The van der Waals surface area contributed by atoms with Crippen LogP contribution >= 0.6 is 0 Å². The van der Waals surface area contributed by atoms with Crippen molar-refractivity contribution < 1.29 is 13.2 Å². The standard InChI is InChI=1S/C9H7NO3S/c10-6-9(7-13-9)14(11,12)8-4-2-1-3-5-8/h1-5H,7H2. The molecule has 0 spiro atoms. The summed E-state index contributed by atoms with van der Waals surface area (Å²) >= 11 is 0. The zero-order chi connectivity index (χ0) is 10.2. The van der Waals surface area contributed by atoms with Gasteiger partial charge in [-0.05, 0) is 12.1 Å². The van der Waals surface area contributed by atoms with E-state index in [4.69, 9.17) is 10.00 Å². The van der Waals surface area contributed by atoms with E-state index in [1.807, 2.05) is 0 Å². The highest BCUT2D eigenvalue weighted by molar-refractivity contribution is 7.93. The third kappa shape index (κ3) is 1.12. The summed E-state index contributed by atoms with van der Waals surface area (Å²) in [6.07, 6.45) is 0. The molecule has 2 rings (SSSR count). The Morgan fingerprint density at radius 3 is 2.36 bits per heavy atom. The molecule has 14 heavy (non-hydrogen) atoms. The Labute approximate surface area is 81.7 Å². The maximum atomic E-state index is 11.8. The number of sulfone groups is 1. The number of hydrogen-bond donors (Lipinski definition) is 0. The van der Waals surface area contributed by atoms with Crippen LogP contribution in [0.5, 0.6) is 0 Å². The first-order valence-corrected chi connectivity index (χ1v) is 5.46. The van der Waals surface area contributed by atoms with E-state index in [9.17, 15) is 8.42 Å². The topological polar surface area (TPSA) is 70.5 Å². The molecule has 1 aliphatic rings. The maximum absolute atomic E-state index is 11.8. The summed E-state index contributed by atoms with van der Waals surface area (Å²) < 4.78 is 28.3. The summed E-state index contributed by atoms with van der Waals surface area (Å²) in [7, 11) is -3.66. The van der Waals surface area contributed by atoms with Gasteiger partial charge in [-0.1, -0.05) is 18.2 Å². The van der Waals surface area contributed by atoms with Crippen LogP contribution < -0.4 is 0 Å². The fourth-order valence-corrected chi connectivity index (χ4v) is 2.52. The average Bonchev–Trinajstić information content (AvgIpc) is 3.00. The first kappa shape index (κ1) is 9.19. The summed E-state index contributed by atoms with van der Waals surface area (Å²) in [6, 6.07) is 9.53. The number of nitrogens with zero attached hydrogens (tertiary/aromatic N) is 1. The highest BCUT2D eigenvalue weighted by Crippen LogP contribution is 2.37. The Balaban J connectivity index is 2.51. The van der Waals surface area contributed by atoms with Crippen molar-refractivity contribution in [1.82, 2.24) is 0 Å². The van der Waals surface area contributed by atoms with E-state index in [-0.39, 0.29) is 11.5 Å². The van der Waals surface area contributed by atoms with Gasteiger partial charge in [0.05, 0.1) is 4.90 Å². The number of ether oxygens (including phenoxy) is 1. The van der Waals surface area contributed by atoms with Gasteiger partial charge in [-0.15, -0.1) is 0 Å². The molecule has 0 N–H and O–H groups in total. The molecule has 1 unspecified atom stereocenters. The van der Waals surface area contributed by atoms with Crippen LogP contribution in [0.3, 0.4) is 0 Å². The Bertz CT molecular complexity index is 483. The normalized spacial score (nSPS) is 25.4. The number of hydrogen-bond acceptors (Lipinski definition) is 4. The molecule has 1 aromatic rings. The lowest BCUT2D eigenvalue weighted by Crippen LogP contribution is -2.22. The van der Waals surface area contributed by atoms with Gasteiger partial charge >= 0.3 is 0 Å². The first-order valence-electron chi connectivity index (χ1n) is 3.97. The molecule has 0 saturated carbocycles. The maximum Gasteiger partial charge on any atom is 0.284 e. The molecule has 1 saturated heterocycles. The van der Waals surface area contributed by atoms with Crippen molar-refractivity contribution in [2.24, 2.45) is 0 Å². The average molecular weight is 209 g/mol. The van der Waals surface area contributed by atoms with Gasteiger partial charge in [-0.2, -0.15) is 5.26 Å². The second-order valence-corrected chi connectivity index (χ2v) is 5.11. The molecule has 0 radical (unpaired) electrons. The highest BCUT2D eigenvalue weighted by Gasteiger charge is 2.58. The van der Waals surface area contributed by atoms with Gasteiger partial charge in [0.2, 0.25) is 9.84 Å². The van der Waals surface area contributed by atoms with Crippen LogP contribution in [0.4, 0.5) is 0 Å². The Morgan fingerprint density at radius 2 is 1.93 bits per heavy atom. The monoisotopic (exact) mass is 209 g/mol. The van der Waals surface area contributed by atoms with Crippen molar-refractivity contribution in [2.75, 3.05) is 6.61 Å². The van der Waals surface area contributed by atoms with Gasteiger partial charge in [0, 0.05) is 0 Å². The lowest BCUT2D eigenvalue weighted by molar-refractivity contribution is 0.408. The van der Waals surface area contributed by atoms with Crippen LogP contribution in [0.2, 0.25) is 0 Å². The summed E-state index contributed by atoms with van der Waals surface area (Å²) in [4.78, 5) is -1.51. The van der Waals surface area contributed by atoms with Crippen LogP contribution in [0.1, 0.15) is 0 Å². The van der Waals surface area contributed by atoms with Crippen molar-refractivity contribution in [3.63, 3.8) is 0 Å². The summed E-state index contributed by atoms with van der Waals surface area (Å²) in [5.41, 5.74) is 0. The van der Waals surface area contributed by atoms with Crippen LogP contribution in [0.15, 0.2) is 35.2 Å². The Morgan fingerprint density at radius 1 is 1.36 bits per heavy atom. The van der Waals surface area contributed by atoms with Gasteiger partial charge in [0.1, 0.15) is 12.7 Å². The van der Waals surface area contributed by atoms with E-state index >= 15 is 0 Å². The SMILES string of the molecule is N#CC1(S(=O)(=O)c2ccccc2)CO1. The molecule has 0 aromatic heterocycles. The second kappa shape index (κ2) is 2.80. The molecule has 1 atom stereocenters. The molecule has 0 amide bonds. The van der Waals surface area contributed by atoms with Crippen molar-refractivity contribution in [1.29, 1.82) is 5.26 Å². The fraction of sp³-hybridized carbons (Fsp3) is 0.222. The molecule has 1 fully saturated rings. The minimum Gasteiger partial charge on any atom is -0.340 e. The Kier molecular flexibility index (Phi) is 1.84. The predicted octanol–water partition coefficient (Wildman–Crippen LogP) is 0.710. The summed E-state index contributed by atoms with van der Waals surface area (Å²) in [6.45, 7) is -0.0409. The van der Waals surface area contributed by atoms with Crippen molar-refractivity contribution in [3.8, 4) is 6.07 Å². The smallest absolute Gasteiger partial charge is 0.284 e. The molecular weight excluding hydrogens is 202 g/mol. The number of epoxide rings is 1. The zero-order valence-corrected chi connectivity index (χ0v) is 7.99. The van der Waals surface area contributed by atoms with Gasteiger partial charge in [-0.3, -0.25) is 0 Å². The van der Waals surface area contributed by atoms with Crippen molar-refractivity contribution >= 4 is 9.84 Å². The van der Waals surface area contributed by atoms with Crippen LogP contribution in [0.25, 0.3) is 0 Å².